The number of rotatable bonds is 8. The smallest absolute Gasteiger partial charge is 0.303 e. The first-order valence-electron chi connectivity index (χ1n) is 10.2. The Kier molecular flexibility index (Phi) is 5.76. The first kappa shape index (κ1) is 19.0. The normalized spacial score (nSPS) is 12.1. The average Bonchev–Trinajstić information content (AvgIpc) is 3.14. The molecule has 1 unspecified atom stereocenters. The topological polar surface area (TPSA) is 42.2 Å². The molecule has 0 radical (unpaired) electrons. The minimum absolute atomic E-state index is 0.229. The van der Waals surface area contributed by atoms with Crippen molar-refractivity contribution in [2.45, 2.75) is 31.6 Å². The Morgan fingerprint density at radius 1 is 0.828 bits per heavy atom. The zero-order valence-corrected chi connectivity index (χ0v) is 16.4. The van der Waals surface area contributed by atoms with Crippen LogP contribution in [0, 0.1) is 0 Å². The van der Waals surface area contributed by atoms with E-state index in [2.05, 4.69) is 83.6 Å². The zero-order valence-electron chi connectivity index (χ0n) is 16.4. The second kappa shape index (κ2) is 8.78. The lowest BCUT2D eigenvalue weighted by molar-refractivity contribution is -0.137. The lowest BCUT2D eigenvalue weighted by Crippen LogP contribution is -2.02. The highest BCUT2D eigenvalue weighted by atomic mass is 16.4. The molecule has 1 aromatic heterocycles. The molecule has 4 rings (SSSR count). The zero-order chi connectivity index (χ0) is 20.1. The Morgan fingerprint density at radius 2 is 1.48 bits per heavy atom. The fraction of sp³-hybridized carbons (Fsp3) is 0.192. The summed E-state index contributed by atoms with van der Waals surface area (Å²) in [5.74, 6) is -0.484. The molecule has 0 saturated heterocycles. The van der Waals surface area contributed by atoms with Gasteiger partial charge in [-0.05, 0) is 42.2 Å². The van der Waals surface area contributed by atoms with E-state index in [4.69, 9.17) is 5.11 Å². The van der Waals surface area contributed by atoms with Crippen molar-refractivity contribution < 1.29 is 9.90 Å². The largest absolute Gasteiger partial charge is 0.481 e. The standard InChI is InChI=1S/C26H25NO2/c28-26(29)18-10-8-15-22(20-11-3-1-4-12-20)24-19-27(21-13-5-2-6-14-21)25-17-9-7-16-23(24)25/h1-7,9,11-14,16-17,19,22H,8,10,15,18H2,(H,28,29). The molecule has 29 heavy (non-hydrogen) atoms. The number of fused-ring (bicyclic) bond motifs is 1. The van der Waals surface area contributed by atoms with E-state index in [0.29, 0.717) is 6.42 Å². The van der Waals surface area contributed by atoms with Gasteiger partial charge in [-0.1, -0.05) is 73.2 Å². The molecule has 0 aliphatic rings. The van der Waals surface area contributed by atoms with Gasteiger partial charge in [-0.2, -0.15) is 0 Å². The van der Waals surface area contributed by atoms with Crippen LogP contribution in [0.25, 0.3) is 16.6 Å². The Hall–Kier alpha value is -3.33. The van der Waals surface area contributed by atoms with Crippen molar-refractivity contribution in [3.63, 3.8) is 0 Å². The second-order valence-electron chi connectivity index (χ2n) is 7.41. The predicted octanol–water partition coefficient (Wildman–Crippen LogP) is 6.41. The average molecular weight is 383 g/mol. The number of carbonyl (C=O) groups is 1. The summed E-state index contributed by atoms with van der Waals surface area (Å²) in [7, 11) is 0. The van der Waals surface area contributed by atoms with Crippen LogP contribution in [0.15, 0.2) is 91.1 Å². The van der Waals surface area contributed by atoms with Gasteiger partial charge in [0.15, 0.2) is 0 Å². The summed E-state index contributed by atoms with van der Waals surface area (Å²) in [5, 5.41) is 10.2. The Balaban J connectivity index is 1.77. The molecule has 0 aliphatic heterocycles. The van der Waals surface area contributed by atoms with Crippen LogP contribution in [0.1, 0.15) is 42.7 Å². The quantitative estimate of drug-likeness (QED) is 0.357. The van der Waals surface area contributed by atoms with E-state index >= 15 is 0 Å². The Morgan fingerprint density at radius 3 is 2.21 bits per heavy atom. The molecule has 1 N–H and O–H groups in total. The molecule has 0 spiro atoms. The van der Waals surface area contributed by atoms with Gasteiger partial charge >= 0.3 is 5.97 Å². The number of benzene rings is 3. The van der Waals surface area contributed by atoms with Gasteiger partial charge in [-0.15, -0.1) is 0 Å². The van der Waals surface area contributed by atoms with Gasteiger partial charge in [-0.3, -0.25) is 4.79 Å². The van der Waals surface area contributed by atoms with Crippen LogP contribution in [-0.4, -0.2) is 15.6 Å². The van der Waals surface area contributed by atoms with E-state index in [1.54, 1.807) is 0 Å². The summed E-state index contributed by atoms with van der Waals surface area (Å²) in [5.41, 5.74) is 4.91. The van der Waals surface area contributed by atoms with Crippen LogP contribution in [0.4, 0.5) is 0 Å². The first-order chi connectivity index (χ1) is 14.2. The monoisotopic (exact) mass is 383 g/mol. The van der Waals surface area contributed by atoms with E-state index < -0.39 is 5.97 Å². The van der Waals surface area contributed by atoms with Gasteiger partial charge in [0, 0.05) is 29.6 Å². The first-order valence-corrected chi connectivity index (χ1v) is 10.2. The number of para-hydroxylation sites is 2. The van der Waals surface area contributed by atoms with E-state index in [9.17, 15) is 4.79 Å². The molecule has 0 fully saturated rings. The SMILES string of the molecule is O=C(O)CCCCC(c1ccccc1)c1cn(-c2ccccc2)c2ccccc12. The molecular formula is C26H25NO2. The molecule has 0 saturated carbocycles. The lowest BCUT2D eigenvalue weighted by Gasteiger charge is -2.17. The van der Waals surface area contributed by atoms with Crippen molar-refractivity contribution in [3.8, 4) is 5.69 Å². The van der Waals surface area contributed by atoms with Crippen molar-refractivity contribution in [2.24, 2.45) is 0 Å². The predicted molar refractivity (Wildman–Crippen MR) is 118 cm³/mol. The lowest BCUT2D eigenvalue weighted by atomic mass is 9.86. The minimum atomic E-state index is -0.720. The van der Waals surface area contributed by atoms with E-state index in [1.165, 1.54) is 22.0 Å². The van der Waals surface area contributed by atoms with Crippen LogP contribution >= 0.6 is 0 Å². The van der Waals surface area contributed by atoms with E-state index in [0.717, 1.165) is 18.5 Å². The molecule has 0 bridgehead atoms. The summed E-state index contributed by atoms with van der Waals surface area (Å²) in [6.45, 7) is 0. The molecule has 0 aliphatic carbocycles. The molecule has 0 amide bonds. The van der Waals surface area contributed by atoms with Crippen LogP contribution in [0.3, 0.4) is 0 Å². The summed E-state index contributed by atoms with van der Waals surface area (Å²) in [4.78, 5) is 10.9. The van der Waals surface area contributed by atoms with E-state index in [1.807, 2.05) is 12.1 Å². The molecular weight excluding hydrogens is 358 g/mol. The molecule has 3 heteroatoms. The number of hydrogen-bond acceptors (Lipinski definition) is 1. The maximum atomic E-state index is 10.9. The number of carboxylic acid groups (broad SMARTS) is 1. The molecule has 1 atom stereocenters. The summed E-state index contributed by atoms with van der Waals surface area (Å²) in [6.07, 6.45) is 5.01. The molecule has 4 aromatic rings. The highest BCUT2D eigenvalue weighted by Crippen LogP contribution is 2.37. The van der Waals surface area contributed by atoms with Gasteiger partial charge < -0.3 is 9.67 Å². The fourth-order valence-electron chi connectivity index (χ4n) is 4.10. The summed E-state index contributed by atoms with van der Waals surface area (Å²) in [6, 6.07) is 29.5. The highest BCUT2D eigenvalue weighted by molar-refractivity contribution is 5.86. The maximum absolute atomic E-state index is 10.9. The van der Waals surface area contributed by atoms with Crippen molar-refractivity contribution in [1.82, 2.24) is 4.57 Å². The number of nitrogens with zero attached hydrogens (tertiary/aromatic N) is 1. The number of carboxylic acids is 1. The third kappa shape index (κ3) is 4.24. The second-order valence-corrected chi connectivity index (χ2v) is 7.41. The fourth-order valence-corrected chi connectivity index (χ4v) is 4.10. The third-order valence-corrected chi connectivity index (χ3v) is 5.49. The van der Waals surface area contributed by atoms with Crippen LogP contribution in [-0.2, 0) is 4.79 Å². The number of unbranched alkanes of at least 4 members (excludes halogenated alkanes) is 1. The van der Waals surface area contributed by atoms with Crippen LogP contribution < -0.4 is 0 Å². The number of aliphatic carboxylic acids is 1. The van der Waals surface area contributed by atoms with E-state index in [-0.39, 0.29) is 12.3 Å². The minimum Gasteiger partial charge on any atom is -0.481 e. The van der Waals surface area contributed by atoms with Gasteiger partial charge in [-0.25, -0.2) is 0 Å². The molecule has 146 valence electrons. The maximum Gasteiger partial charge on any atom is 0.303 e. The highest BCUT2D eigenvalue weighted by Gasteiger charge is 2.20. The molecule has 1 heterocycles. The third-order valence-electron chi connectivity index (χ3n) is 5.49. The summed E-state index contributed by atoms with van der Waals surface area (Å²) < 4.78 is 2.26. The summed E-state index contributed by atoms with van der Waals surface area (Å²) >= 11 is 0. The van der Waals surface area contributed by atoms with Gasteiger partial charge in [0.05, 0.1) is 5.52 Å². The Labute approximate surface area is 171 Å². The van der Waals surface area contributed by atoms with Crippen molar-refractivity contribution in [1.29, 1.82) is 0 Å². The van der Waals surface area contributed by atoms with Gasteiger partial charge in [0.1, 0.15) is 0 Å². The van der Waals surface area contributed by atoms with Crippen molar-refractivity contribution in [3.05, 3.63) is 102 Å². The van der Waals surface area contributed by atoms with Crippen molar-refractivity contribution >= 4 is 16.9 Å². The number of hydrogen-bond donors (Lipinski definition) is 1. The van der Waals surface area contributed by atoms with Gasteiger partial charge in [0.2, 0.25) is 0 Å². The Bertz CT molecular complexity index is 1080. The molecule has 3 nitrogen and oxygen atoms in total. The van der Waals surface area contributed by atoms with Gasteiger partial charge in [0.25, 0.3) is 0 Å². The van der Waals surface area contributed by atoms with Crippen LogP contribution in [0.2, 0.25) is 0 Å². The van der Waals surface area contributed by atoms with Crippen LogP contribution in [0.5, 0.6) is 0 Å². The molecule has 3 aromatic carbocycles. The van der Waals surface area contributed by atoms with Crippen molar-refractivity contribution in [2.75, 3.05) is 0 Å². The number of aromatic nitrogens is 1.